The first kappa shape index (κ1) is 9.84. The highest BCUT2D eigenvalue weighted by Gasteiger charge is 2.02. The first-order valence-electron chi connectivity index (χ1n) is 4.15. The number of para-hydroxylation sites is 1. The van der Waals surface area contributed by atoms with Gasteiger partial charge in [-0.1, -0.05) is 19.1 Å². The fourth-order valence-corrected chi connectivity index (χ4v) is 1.35. The summed E-state index contributed by atoms with van der Waals surface area (Å²) >= 11 is 2.29. The molecule has 0 saturated carbocycles. The van der Waals surface area contributed by atoms with Gasteiger partial charge in [0, 0.05) is 0 Å². The Morgan fingerprint density at radius 3 is 2.67 bits per heavy atom. The highest BCUT2D eigenvalue weighted by Crippen LogP contribution is 2.21. The molecule has 66 valence electrons. The topological polar surface area (TPSA) is 9.23 Å². The Hall–Kier alpha value is -0.250. The highest BCUT2D eigenvalue weighted by molar-refractivity contribution is 14.1. The summed E-state index contributed by atoms with van der Waals surface area (Å²) in [7, 11) is 0. The van der Waals surface area contributed by atoms with Gasteiger partial charge < -0.3 is 4.74 Å². The second kappa shape index (κ2) is 4.70. The minimum Gasteiger partial charge on any atom is -0.490 e. The van der Waals surface area contributed by atoms with E-state index in [-0.39, 0.29) is 0 Å². The van der Waals surface area contributed by atoms with Gasteiger partial charge in [-0.25, -0.2) is 0 Å². The van der Waals surface area contributed by atoms with Gasteiger partial charge in [-0.15, -0.1) is 0 Å². The van der Waals surface area contributed by atoms with Crippen LogP contribution >= 0.6 is 22.6 Å². The predicted molar refractivity (Wildman–Crippen MR) is 59.5 cm³/mol. The standard InChI is InChI=1S/C10H13IO/c1-3-8(2)12-10-7-5-4-6-9(10)11/h4-8H,3H2,1-2H3/t8-/m0/s1. The van der Waals surface area contributed by atoms with E-state index in [0.717, 1.165) is 12.2 Å². The first-order valence-corrected chi connectivity index (χ1v) is 5.23. The van der Waals surface area contributed by atoms with Gasteiger partial charge in [0.15, 0.2) is 0 Å². The molecule has 0 radical (unpaired) electrons. The minimum absolute atomic E-state index is 0.306. The third-order valence-corrected chi connectivity index (χ3v) is 2.63. The van der Waals surface area contributed by atoms with E-state index in [1.54, 1.807) is 0 Å². The number of ether oxygens (including phenoxy) is 1. The molecule has 0 bridgehead atoms. The Kier molecular flexibility index (Phi) is 3.85. The van der Waals surface area contributed by atoms with Gasteiger partial charge in [-0.3, -0.25) is 0 Å². The molecule has 12 heavy (non-hydrogen) atoms. The molecule has 1 rings (SSSR count). The fourth-order valence-electron chi connectivity index (χ4n) is 0.840. The number of rotatable bonds is 3. The molecule has 0 spiro atoms. The Bertz CT molecular complexity index is 247. The van der Waals surface area contributed by atoms with Crippen molar-refractivity contribution in [2.75, 3.05) is 0 Å². The van der Waals surface area contributed by atoms with Crippen LogP contribution in [0.5, 0.6) is 5.75 Å². The Morgan fingerprint density at radius 1 is 1.42 bits per heavy atom. The molecule has 0 amide bonds. The zero-order chi connectivity index (χ0) is 8.97. The SMILES string of the molecule is CC[C@H](C)Oc1ccccc1I. The van der Waals surface area contributed by atoms with Crippen molar-refractivity contribution in [2.45, 2.75) is 26.4 Å². The average molecular weight is 276 g/mol. The van der Waals surface area contributed by atoms with Gasteiger partial charge in [0.1, 0.15) is 5.75 Å². The van der Waals surface area contributed by atoms with E-state index in [9.17, 15) is 0 Å². The molecule has 0 fully saturated rings. The lowest BCUT2D eigenvalue weighted by molar-refractivity contribution is 0.216. The van der Waals surface area contributed by atoms with Crippen molar-refractivity contribution < 1.29 is 4.74 Å². The molecule has 0 aromatic heterocycles. The van der Waals surface area contributed by atoms with Crippen LogP contribution in [-0.2, 0) is 0 Å². The molecule has 0 heterocycles. The van der Waals surface area contributed by atoms with Gasteiger partial charge in [-0.05, 0) is 48.1 Å². The largest absolute Gasteiger partial charge is 0.490 e. The van der Waals surface area contributed by atoms with E-state index in [0.29, 0.717) is 6.10 Å². The van der Waals surface area contributed by atoms with Crippen LogP contribution in [0.25, 0.3) is 0 Å². The number of benzene rings is 1. The maximum Gasteiger partial charge on any atom is 0.133 e. The van der Waals surface area contributed by atoms with Crippen LogP contribution in [0.3, 0.4) is 0 Å². The molecule has 0 N–H and O–H groups in total. The van der Waals surface area contributed by atoms with Crippen LogP contribution < -0.4 is 4.74 Å². The first-order chi connectivity index (χ1) is 5.74. The predicted octanol–water partition coefficient (Wildman–Crippen LogP) is 3.47. The second-order valence-corrected chi connectivity index (χ2v) is 3.93. The molecular formula is C10H13IO. The number of hydrogen-bond donors (Lipinski definition) is 0. The second-order valence-electron chi connectivity index (χ2n) is 2.77. The summed E-state index contributed by atoms with van der Waals surface area (Å²) in [5, 5.41) is 0. The van der Waals surface area contributed by atoms with E-state index in [1.165, 1.54) is 3.57 Å². The van der Waals surface area contributed by atoms with Crippen molar-refractivity contribution in [3.8, 4) is 5.75 Å². The van der Waals surface area contributed by atoms with E-state index >= 15 is 0 Å². The van der Waals surface area contributed by atoms with Gasteiger partial charge in [0.2, 0.25) is 0 Å². The van der Waals surface area contributed by atoms with Gasteiger partial charge in [0.05, 0.1) is 9.67 Å². The van der Waals surface area contributed by atoms with Gasteiger partial charge >= 0.3 is 0 Å². The third kappa shape index (κ3) is 2.66. The molecule has 1 atom stereocenters. The van der Waals surface area contributed by atoms with Crippen LogP contribution in [0.4, 0.5) is 0 Å². The fraction of sp³-hybridized carbons (Fsp3) is 0.400. The number of hydrogen-bond acceptors (Lipinski definition) is 1. The molecule has 1 aromatic carbocycles. The van der Waals surface area contributed by atoms with E-state index in [4.69, 9.17) is 4.74 Å². The Balaban J connectivity index is 2.69. The van der Waals surface area contributed by atoms with Crippen molar-refractivity contribution in [3.05, 3.63) is 27.8 Å². The summed E-state index contributed by atoms with van der Waals surface area (Å²) < 4.78 is 6.86. The van der Waals surface area contributed by atoms with Crippen LogP contribution in [0, 0.1) is 3.57 Å². The van der Waals surface area contributed by atoms with Crippen LogP contribution in [0.1, 0.15) is 20.3 Å². The minimum atomic E-state index is 0.306. The van der Waals surface area contributed by atoms with E-state index in [1.807, 2.05) is 18.2 Å². The maximum absolute atomic E-state index is 5.69. The lowest BCUT2D eigenvalue weighted by Crippen LogP contribution is -2.10. The third-order valence-electron chi connectivity index (χ3n) is 1.74. The Morgan fingerprint density at radius 2 is 2.08 bits per heavy atom. The molecule has 0 aliphatic heterocycles. The molecular weight excluding hydrogens is 263 g/mol. The molecule has 0 aliphatic rings. The van der Waals surface area contributed by atoms with Crippen molar-refractivity contribution in [3.63, 3.8) is 0 Å². The summed E-state index contributed by atoms with van der Waals surface area (Å²) in [4.78, 5) is 0. The van der Waals surface area contributed by atoms with Crippen LogP contribution in [0.2, 0.25) is 0 Å². The summed E-state index contributed by atoms with van der Waals surface area (Å²) in [6, 6.07) is 8.08. The van der Waals surface area contributed by atoms with Crippen LogP contribution in [-0.4, -0.2) is 6.10 Å². The molecule has 0 aliphatic carbocycles. The van der Waals surface area contributed by atoms with E-state index in [2.05, 4.69) is 42.5 Å². The lowest BCUT2D eigenvalue weighted by Gasteiger charge is -2.13. The van der Waals surface area contributed by atoms with Crippen molar-refractivity contribution >= 4 is 22.6 Å². The lowest BCUT2D eigenvalue weighted by atomic mass is 10.3. The molecule has 0 saturated heterocycles. The maximum atomic E-state index is 5.69. The molecule has 1 nitrogen and oxygen atoms in total. The van der Waals surface area contributed by atoms with E-state index < -0.39 is 0 Å². The summed E-state index contributed by atoms with van der Waals surface area (Å²) in [6.07, 6.45) is 1.35. The van der Waals surface area contributed by atoms with Gasteiger partial charge in [0.25, 0.3) is 0 Å². The normalized spacial score (nSPS) is 12.6. The number of halogens is 1. The summed E-state index contributed by atoms with van der Waals surface area (Å²) in [5.74, 6) is 0.993. The van der Waals surface area contributed by atoms with Crippen LogP contribution in [0.15, 0.2) is 24.3 Å². The van der Waals surface area contributed by atoms with Gasteiger partial charge in [-0.2, -0.15) is 0 Å². The summed E-state index contributed by atoms with van der Waals surface area (Å²) in [5.41, 5.74) is 0. The molecule has 2 heteroatoms. The average Bonchev–Trinajstić information content (AvgIpc) is 2.09. The summed E-state index contributed by atoms with van der Waals surface area (Å²) in [6.45, 7) is 4.21. The monoisotopic (exact) mass is 276 g/mol. The zero-order valence-electron chi connectivity index (χ0n) is 7.38. The highest BCUT2D eigenvalue weighted by atomic mass is 127. The Labute approximate surface area is 87.3 Å². The smallest absolute Gasteiger partial charge is 0.133 e. The van der Waals surface area contributed by atoms with Crippen molar-refractivity contribution in [1.29, 1.82) is 0 Å². The quantitative estimate of drug-likeness (QED) is 0.768. The van der Waals surface area contributed by atoms with Crippen molar-refractivity contribution in [2.24, 2.45) is 0 Å². The van der Waals surface area contributed by atoms with Crippen molar-refractivity contribution in [1.82, 2.24) is 0 Å². The zero-order valence-corrected chi connectivity index (χ0v) is 9.54. The molecule has 0 unspecified atom stereocenters. The molecule has 1 aromatic rings.